The Kier molecular flexibility index (Phi) is 4.72. The molecule has 1 aromatic heterocycles. The zero-order valence-corrected chi connectivity index (χ0v) is 11.5. The van der Waals surface area contributed by atoms with Crippen LogP contribution < -0.4 is 5.32 Å². The highest BCUT2D eigenvalue weighted by Crippen LogP contribution is 2.33. The molecule has 1 saturated carbocycles. The average Bonchev–Trinajstić information content (AvgIpc) is 2.98. The second-order valence-corrected chi connectivity index (χ2v) is 5.00. The van der Waals surface area contributed by atoms with Crippen molar-refractivity contribution in [1.82, 2.24) is 15.5 Å². The number of nitrogens with one attached hydrogen (secondary N) is 1. The van der Waals surface area contributed by atoms with Gasteiger partial charge in [0.2, 0.25) is 5.89 Å². The second kappa shape index (κ2) is 6.29. The molecular weight excluding hydrogens is 230 g/mol. The minimum absolute atomic E-state index is 0.128. The van der Waals surface area contributed by atoms with E-state index < -0.39 is 0 Å². The van der Waals surface area contributed by atoms with Gasteiger partial charge in [-0.2, -0.15) is 4.98 Å². The van der Waals surface area contributed by atoms with E-state index in [0.29, 0.717) is 18.4 Å². The van der Waals surface area contributed by atoms with Gasteiger partial charge in [-0.1, -0.05) is 18.5 Å². The van der Waals surface area contributed by atoms with Crippen molar-refractivity contribution in [2.24, 2.45) is 0 Å². The highest BCUT2D eigenvalue weighted by atomic mass is 16.5. The molecular formula is C13H23N3O2. The fourth-order valence-electron chi connectivity index (χ4n) is 2.60. The van der Waals surface area contributed by atoms with Gasteiger partial charge in [0, 0.05) is 19.6 Å². The molecule has 1 aliphatic rings. The zero-order chi connectivity index (χ0) is 13.0. The van der Waals surface area contributed by atoms with Crippen LogP contribution in [0.2, 0.25) is 0 Å². The number of ether oxygens (including phenoxy) is 1. The minimum Gasteiger partial charge on any atom is -0.381 e. The number of rotatable bonds is 6. The first-order chi connectivity index (χ1) is 8.74. The molecule has 0 bridgehead atoms. The van der Waals surface area contributed by atoms with Gasteiger partial charge in [0.15, 0.2) is 5.82 Å². The van der Waals surface area contributed by atoms with Crippen molar-refractivity contribution in [3.63, 3.8) is 0 Å². The molecule has 1 fully saturated rings. The maximum Gasteiger partial charge on any atom is 0.231 e. The third kappa shape index (κ3) is 3.09. The molecule has 0 radical (unpaired) electrons. The Bertz CT molecular complexity index is 367. The summed E-state index contributed by atoms with van der Waals surface area (Å²) in [5, 5.41) is 7.55. The summed E-state index contributed by atoms with van der Waals surface area (Å²) in [6, 6.07) is 0.489. The average molecular weight is 253 g/mol. The van der Waals surface area contributed by atoms with Crippen LogP contribution in [-0.4, -0.2) is 35.9 Å². The predicted octanol–water partition coefficient (Wildman–Crippen LogP) is 1.89. The molecule has 102 valence electrons. The van der Waals surface area contributed by atoms with Gasteiger partial charge in [-0.25, -0.2) is 0 Å². The number of likely N-dealkylation sites (N-methyl/N-ethyl adjacent to an activating group) is 1. The van der Waals surface area contributed by atoms with Crippen molar-refractivity contribution >= 4 is 0 Å². The first kappa shape index (κ1) is 13.5. The van der Waals surface area contributed by atoms with E-state index in [1.807, 2.05) is 6.92 Å². The first-order valence-corrected chi connectivity index (χ1v) is 6.83. The number of aromatic nitrogens is 2. The number of hydrogen-bond donors (Lipinski definition) is 1. The van der Waals surface area contributed by atoms with Crippen molar-refractivity contribution < 1.29 is 9.26 Å². The summed E-state index contributed by atoms with van der Waals surface area (Å²) in [6.45, 7) is 5.13. The third-order valence-electron chi connectivity index (χ3n) is 3.66. The maximum absolute atomic E-state index is 5.41. The standard InChI is InChI=1S/C13H23N3O2/c1-4-14-11-7-5-6-10(11)13-15-12(16-18-13)8-9(2)17-3/h9-11,14H,4-8H2,1-3H3. The van der Waals surface area contributed by atoms with Gasteiger partial charge in [0.05, 0.1) is 12.0 Å². The summed E-state index contributed by atoms with van der Waals surface area (Å²) >= 11 is 0. The van der Waals surface area contributed by atoms with Gasteiger partial charge in [-0.05, 0) is 26.3 Å². The molecule has 0 saturated heterocycles. The Morgan fingerprint density at radius 1 is 1.50 bits per heavy atom. The van der Waals surface area contributed by atoms with Crippen LogP contribution in [0.5, 0.6) is 0 Å². The highest BCUT2D eigenvalue weighted by Gasteiger charge is 2.32. The molecule has 1 aromatic rings. The summed E-state index contributed by atoms with van der Waals surface area (Å²) < 4.78 is 10.6. The Labute approximate surface area is 108 Å². The normalized spacial score (nSPS) is 25.5. The van der Waals surface area contributed by atoms with Crippen molar-refractivity contribution in [1.29, 1.82) is 0 Å². The molecule has 1 aliphatic carbocycles. The second-order valence-electron chi connectivity index (χ2n) is 5.00. The molecule has 1 N–H and O–H groups in total. The van der Waals surface area contributed by atoms with E-state index in [4.69, 9.17) is 9.26 Å². The monoisotopic (exact) mass is 253 g/mol. The molecule has 0 amide bonds. The van der Waals surface area contributed by atoms with Gasteiger partial charge < -0.3 is 14.6 Å². The Hall–Kier alpha value is -0.940. The van der Waals surface area contributed by atoms with Gasteiger partial charge in [0.1, 0.15) is 0 Å². The lowest BCUT2D eigenvalue weighted by atomic mass is 10.0. The topological polar surface area (TPSA) is 60.2 Å². The van der Waals surface area contributed by atoms with Crippen molar-refractivity contribution in [2.75, 3.05) is 13.7 Å². The molecule has 3 unspecified atom stereocenters. The molecule has 3 atom stereocenters. The van der Waals surface area contributed by atoms with E-state index in [1.165, 1.54) is 12.8 Å². The number of nitrogens with zero attached hydrogens (tertiary/aromatic N) is 2. The summed E-state index contributed by atoms with van der Waals surface area (Å²) in [5.74, 6) is 1.92. The lowest BCUT2D eigenvalue weighted by Gasteiger charge is -2.16. The lowest BCUT2D eigenvalue weighted by molar-refractivity contribution is 0.116. The van der Waals surface area contributed by atoms with E-state index in [9.17, 15) is 0 Å². The number of hydrogen-bond acceptors (Lipinski definition) is 5. The van der Waals surface area contributed by atoms with Crippen LogP contribution in [-0.2, 0) is 11.2 Å². The van der Waals surface area contributed by atoms with Crippen molar-refractivity contribution in [3.05, 3.63) is 11.7 Å². The molecule has 18 heavy (non-hydrogen) atoms. The van der Waals surface area contributed by atoms with Crippen LogP contribution in [0.4, 0.5) is 0 Å². The smallest absolute Gasteiger partial charge is 0.231 e. The van der Waals surface area contributed by atoms with Crippen LogP contribution in [0, 0.1) is 0 Å². The Morgan fingerprint density at radius 2 is 2.33 bits per heavy atom. The lowest BCUT2D eigenvalue weighted by Crippen LogP contribution is -2.31. The molecule has 0 aromatic carbocycles. The van der Waals surface area contributed by atoms with Gasteiger partial charge in [-0.3, -0.25) is 0 Å². The summed E-state index contributed by atoms with van der Waals surface area (Å²) in [6.07, 6.45) is 4.40. The van der Waals surface area contributed by atoms with Crippen LogP contribution in [0.15, 0.2) is 4.52 Å². The minimum atomic E-state index is 0.128. The van der Waals surface area contributed by atoms with E-state index in [-0.39, 0.29) is 6.10 Å². The van der Waals surface area contributed by atoms with Gasteiger partial charge >= 0.3 is 0 Å². The molecule has 5 nitrogen and oxygen atoms in total. The molecule has 0 aliphatic heterocycles. The zero-order valence-electron chi connectivity index (χ0n) is 11.5. The quantitative estimate of drug-likeness (QED) is 0.839. The fraction of sp³-hybridized carbons (Fsp3) is 0.846. The molecule has 0 spiro atoms. The van der Waals surface area contributed by atoms with E-state index in [1.54, 1.807) is 7.11 Å². The summed E-state index contributed by atoms with van der Waals surface area (Å²) in [5.41, 5.74) is 0. The molecule has 2 rings (SSSR count). The predicted molar refractivity (Wildman–Crippen MR) is 68.5 cm³/mol. The van der Waals surface area contributed by atoms with E-state index in [0.717, 1.165) is 24.7 Å². The summed E-state index contributed by atoms with van der Waals surface area (Å²) in [7, 11) is 1.70. The first-order valence-electron chi connectivity index (χ1n) is 6.83. The van der Waals surface area contributed by atoms with Gasteiger partial charge in [-0.15, -0.1) is 0 Å². The Morgan fingerprint density at radius 3 is 3.06 bits per heavy atom. The van der Waals surface area contributed by atoms with Gasteiger partial charge in [0.25, 0.3) is 0 Å². The highest BCUT2D eigenvalue weighted by molar-refractivity contribution is 5.03. The maximum atomic E-state index is 5.41. The summed E-state index contributed by atoms with van der Waals surface area (Å²) in [4.78, 5) is 4.51. The van der Waals surface area contributed by atoms with Crippen molar-refractivity contribution in [3.8, 4) is 0 Å². The fourth-order valence-corrected chi connectivity index (χ4v) is 2.60. The third-order valence-corrected chi connectivity index (χ3v) is 3.66. The van der Waals surface area contributed by atoms with E-state index >= 15 is 0 Å². The van der Waals surface area contributed by atoms with Crippen molar-refractivity contribution in [2.45, 2.75) is 57.6 Å². The van der Waals surface area contributed by atoms with E-state index in [2.05, 4.69) is 22.4 Å². The van der Waals surface area contributed by atoms with Crippen LogP contribution in [0.1, 0.15) is 50.7 Å². The van der Waals surface area contributed by atoms with Crippen LogP contribution in [0.3, 0.4) is 0 Å². The number of methoxy groups -OCH3 is 1. The Balaban J connectivity index is 2.00. The van der Waals surface area contributed by atoms with Crippen LogP contribution in [0.25, 0.3) is 0 Å². The van der Waals surface area contributed by atoms with Crippen LogP contribution >= 0.6 is 0 Å². The SMILES string of the molecule is CCNC1CCCC1c1nc(CC(C)OC)no1. The molecule has 5 heteroatoms. The molecule has 1 heterocycles. The largest absolute Gasteiger partial charge is 0.381 e.